The van der Waals surface area contributed by atoms with Crippen LogP contribution in [0.4, 0.5) is 11.5 Å². The molecule has 0 spiro atoms. The van der Waals surface area contributed by atoms with Crippen LogP contribution in [-0.4, -0.2) is 25.8 Å². The van der Waals surface area contributed by atoms with Gasteiger partial charge in [0.1, 0.15) is 30.8 Å². The Morgan fingerprint density at radius 2 is 2.12 bits per heavy atom. The van der Waals surface area contributed by atoms with Gasteiger partial charge in [-0.05, 0) is 36.4 Å². The molecule has 0 radical (unpaired) electrons. The minimum atomic E-state index is -0.297. The van der Waals surface area contributed by atoms with E-state index in [2.05, 4.69) is 37.1 Å². The molecule has 0 aliphatic heterocycles. The standard InChI is InChI=1S/C23H19ClN6O3/c1-2-21(31)27-10-17-13-33-23(30-17)18-11-25-14-28-22(18)29-15-6-7-20(19(24)9-15)32-12-16-5-3-4-8-26-16/h2-9,11,13-14H,1,10,12H2,(H,27,31)(H,25,28,29). The fourth-order valence-corrected chi connectivity index (χ4v) is 3.05. The van der Waals surface area contributed by atoms with E-state index in [0.717, 1.165) is 5.69 Å². The molecule has 10 heteroatoms. The third-order valence-corrected chi connectivity index (χ3v) is 4.72. The van der Waals surface area contributed by atoms with E-state index in [-0.39, 0.29) is 12.5 Å². The number of amides is 1. The number of carbonyl (C=O) groups excluding carboxylic acids is 1. The Morgan fingerprint density at radius 3 is 2.91 bits per heavy atom. The van der Waals surface area contributed by atoms with Gasteiger partial charge in [-0.15, -0.1) is 0 Å². The molecule has 0 fully saturated rings. The highest BCUT2D eigenvalue weighted by Gasteiger charge is 2.14. The first-order chi connectivity index (χ1) is 16.1. The molecule has 2 N–H and O–H groups in total. The SMILES string of the molecule is C=CC(=O)NCc1coc(-c2cncnc2Nc2ccc(OCc3ccccn3)c(Cl)c2)n1. The van der Waals surface area contributed by atoms with Gasteiger partial charge in [0, 0.05) is 18.1 Å². The second-order valence-electron chi connectivity index (χ2n) is 6.73. The zero-order valence-corrected chi connectivity index (χ0v) is 18.1. The Hall–Kier alpha value is -4.24. The van der Waals surface area contributed by atoms with Crippen LogP contribution in [0.5, 0.6) is 5.75 Å². The van der Waals surface area contributed by atoms with E-state index in [1.54, 1.807) is 24.5 Å². The number of anilines is 2. The van der Waals surface area contributed by atoms with Gasteiger partial charge in [0.2, 0.25) is 11.8 Å². The summed E-state index contributed by atoms with van der Waals surface area (Å²) < 4.78 is 11.3. The Bertz CT molecular complexity index is 1260. The fourth-order valence-electron chi connectivity index (χ4n) is 2.82. The van der Waals surface area contributed by atoms with Crippen molar-refractivity contribution in [1.29, 1.82) is 0 Å². The number of rotatable bonds is 9. The predicted octanol–water partition coefficient (Wildman–Crippen LogP) is 4.30. The number of hydrogen-bond acceptors (Lipinski definition) is 8. The summed E-state index contributed by atoms with van der Waals surface area (Å²) in [6, 6.07) is 10.9. The summed E-state index contributed by atoms with van der Waals surface area (Å²) in [4.78, 5) is 28.3. The fraction of sp³-hybridized carbons (Fsp3) is 0.0870. The molecular formula is C23H19ClN6O3. The van der Waals surface area contributed by atoms with Crippen LogP contribution in [0.3, 0.4) is 0 Å². The lowest BCUT2D eigenvalue weighted by atomic mass is 10.2. The predicted molar refractivity (Wildman–Crippen MR) is 123 cm³/mol. The Morgan fingerprint density at radius 1 is 1.21 bits per heavy atom. The molecule has 4 rings (SSSR count). The highest BCUT2D eigenvalue weighted by atomic mass is 35.5. The van der Waals surface area contributed by atoms with E-state index in [0.29, 0.717) is 46.0 Å². The lowest BCUT2D eigenvalue weighted by molar-refractivity contribution is -0.116. The van der Waals surface area contributed by atoms with Crippen LogP contribution < -0.4 is 15.4 Å². The van der Waals surface area contributed by atoms with Crippen LogP contribution in [0, 0.1) is 0 Å². The zero-order chi connectivity index (χ0) is 23.0. The van der Waals surface area contributed by atoms with Crippen LogP contribution in [0.25, 0.3) is 11.5 Å². The van der Waals surface area contributed by atoms with Gasteiger partial charge in [-0.1, -0.05) is 24.2 Å². The van der Waals surface area contributed by atoms with E-state index < -0.39 is 0 Å². The third kappa shape index (κ3) is 5.72. The molecule has 0 bridgehead atoms. The molecule has 0 unspecified atom stereocenters. The number of carbonyl (C=O) groups is 1. The summed E-state index contributed by atoms with van der Waals surface area (Å²) in [5, 5.41) is 6.27. The molecular weight excluding hydrogens is 444 g/mol. The lowest BCUT2D eigenvalue weighted by Crippen LogP contribution is -2.20. The third-order valence-electron chi connectivity index (χ3n) is 4.42. The van der Waals surface area contributed by atoms with E-state index in [9.17, 15) is 4.79 Å². The molecule has 33 heavy (non-hydrogen) atoms. The van der Waals surface area contributed by atoms with Gasteiger partial charge < -0.3 is 19.8 Å². The van der Waals surface area contributed by atoms with Crippen molar-refractivity contribution in [2.24, 2.45) is 0 Å². The quantitative estimate of drug-likeness (QED) is 0.354. The van der Waals surface area contributed by atoms with Crippen molar-refractivity contribution in [2.45, 2.75) is 13.2 Å². The molecule has 0 saturated heterocycles. The summed E-state index contributed by atoms with van der Waals surface area (Å²) in [6.45, 7) is 3.93. The van der Waals surface area contributed by atoms with E-state index in [1.165, 1.54) is 18.7 Å². The van der Waals surface area contributed by atoms with Crippen LogP contribution in [-0.2, 0) is 17.9 Å². The van der Waals surface area contributed by atoms with Crippen LogP contribution in [0.1, 0.15) is 11.4 Å². The number of oxazole rings is 1. The van der Waals surface area contributed by atoms with E-state index in [4.69, 9.17) is 20.8 Å². The molecule has 0 atom stereocenters. The summed E-state index contributed by atoms with van der Waals surface area (Å²) in [5.41, 5.74) is 2.59. The number of benzene rings is 1. The summed E-state index contributed by atoms with van der Waals surface area (Å²) in [5.74, 6) is 1.03. The highest BCUT2D eigenvalue weighted by Crippen LogP contribution is 2.32. The number of ether oxygens (including phenoxy) is 1. The summed E-state index contributed by atoms with van der Waals surface area (Å²) in [7, 11) is 0. The van der Waals surface area contributed by atoms with Crippen molar-refractivity contribution in [3.8, 4) is 17.2 Å². The number of pyridine rings is 1. The maximum Gasteiger partial charge on any atom is 0.243 e. The first-order valence-corrected chi connectivity index (χ1v) is 10.2. The average molecular weight is 463 g/mol. The molecule has 9 nitrogen and oxygen atoms in total. The molecule has 0 aliphatic carbocycles. The van der Waals surface area contributed by atoms with Crippen molar-refractivity contribution in [1.82, 2.24) is 25.3 Å². The van der Waals surface area contributed by atoms with Gasteiger partial charge in [0.05, 0.1) is 28.5 Å². The van der Waals surface area contributed by atoms with Crippen LogP contribution in [0.15, 0.2) is 78.5 Å². The number of hydrogen-bond donors (Lipinski definition) is 2. The van der Waals surface area contributed by atoms with Crippen LogP contribution >= 0.6 is 11.6 Å². The first-order valence-electron chi connectivity index (χ1n) is 9.86. The number of aromatic nitrogens is 4. The number of nitrogens with zero attached hydrogens (tertiary/aromatic N) is 4. The van der Waals surface area contributed by atoms with Gasteiger partial charge in [0.25, 0.3) is 0 Å². The molecule has 0 saturated carbocycles. The monoisotopic (exact) mass is 462 g/mol. The molecule has 3 aromatic heterocycles. The maximum atomic E-state index is 11.3. The van der Waals surface area contributed by atoms with Gasteiger partial charge in [-0.25, -0.2) is 15.0 Å². The summed E-state index contributed by atoms with van der Waals surface area (Å²) >= 11 is 6.40. The maximum absolute atomic E-state index is 11.3. The number of nitrogens with one attached hydrogen (secondary N) is 2. The average Bonchev–Trinajstić information content (AvgIpc) is 3.32. The van der Waals surface area contributed by atoms with E-state index in [1.807, 2.05) is 24.3 Å². The second-order valence-corrected chi connectivity index (χ2v) is 7.14. The van der Waals surface area contributed by atoms with Crippen molar-refractivity contribution in [3.05, 3.63) is 90.4 Å². The molecule has 0 aliphatic rings. The minimum absolute atomic E-state index is 0.209. The van der Waals surface area contributed by atoms with Crippen LogP contribution in [0.2, 0.25) is 5.02 Å². The van der Waals surface area contributed by atoms with Gasteiger partial charge in [-0.2, -0.15) is 0 Å². The topological polar surface area (TPSA) is 115 Å². The Kier molecular flexibility index (Phi) is 6.91. The molecule has 166 valence electrons. The first kappa shape index (κ1) is 22.0. The van der Waals surface area contributed by atoms with Gasteiger partial charge in [0.15, 0.2) is 0 Å². The van der Waals surface area contributed by atoms with Crippen molar-refractivity contribution < 1.29 is 13.9 Å². The van der Waals surface area contributed by atoms with Crippen molar-refractivity contribution >= 4 is 29.0 Å². The van der Waals surface area contributed by atoms with Crippen molar-refractivity contribution in [3.63, 3.8) is 0 Å². The summed E-state index contributed by atoms with van der Waals surface area (Å²) in [6.07, 6.45) is 7.35. The lowest BCUT2D eigenvalue weighted by Gasteiger charge is -2.11. The Balaban J connectivity index is 1.46. The zero-order valence-electron chi connectivity index (χ0n) is 17.4. The minimum Gasteiger partial charge on any atom is -0.486 e. The van der Waals surface area contributed by atoms with E-state index >= 15 is 0 Å². The highest BCUT2D eigenvalue weighted by molar-refractivity contribution is 6.32. The largest absolute Gasteiger partial charge is 0.486 e. The molecule has 1 aromatic carbocycles. The smallest absolute Gasteiger partial charge is 0.243 e. The Labute approximate surface area is 194 Å². The molecule has 1 amide bonds. The molecule has 4 aromatic rings. The number of halogens is 1. The second kappa shape index (κ2) is 10.4. The van der Waals surface area contributed by atoms with Gasteiger partial charge >= 0.3 is 0 Å². The normalized spacial score (nSPS) is 10.5. The molecule has 3 heterocycles. The van der Waals surface area contributed by atoms with Gasteiger partial charge in [-0.3, -0.25) is 9.78 Å². The van der Waals surface area contributed by atoms with Crippen molar-refractivity contribution in [2.75, 3.05) is 5.32 Å².